The van der Waals surface area contributed by atoms with E-state index in [1.54, 1.807) is 24.3 Å². The predicted octanol–water partition coefficient (Wildman–Crippen LogP) is 3.73. The first kappa shape index (κ1) is 14.0. The van der Waals surface area contributed by atoms with Crippen LogP contribution in [0.25, 0.3) is 0 Å². The van der Waals surface area contributed by atoms with E-state index in [0.717, 1.165) is 5.56 Å². The predicted molar refractivity (Wildman–Crippen MR) is 73.2 cm³/mol. The molecule has 19 heavy (non-hydrogen) atoms. The smallest absolute Gasteiger partial charge is 0.142 e. The summed E-state index contributed by atoms with van der Waals surface area (Å²) < 4.78 is 26.1. The van der Waals surface area contributed by atoms with Crippen LogP contribution < -0.4 is 5.73 Å². The molecule has 0 amide bonds. The standard InChI is InChI=1S/C15H14ClF2N/c16-15-11(2-1-3-14(15)18)9-13(19)8-10-4-6-12(17)7-5-10/h1-7,13H,8-9,19H2. The third-order valence-electron chi connectivity index (χ3n) is 2.92. The van der Waals surface area contributed by atoms with Crippen LogP contribution in [0.15, 0.2) is 42.5 Å². The summed E-state index contributed by atoms with van der Waals surface area (Å²) in [5, 5.41) is 0.122. The minimum atomic E-state index is -0.437. The molecule has 0 aliphatic carbocycles. The van der Waals surface area contributed by atoms with E-state index in [2.05, 4.69) is 0 Å². The highest BCUT2D eigenvalue weighted by Crippen LogP contribution is 2.21. The molecule has 0 fully saturated rings. The van der Waals surface area contributed by atoms with Gasteiger partial charge in [0.1, 0.15) is 11.6 Å². The van der Waals surface area contributed by atoms with E-state index in [1.165, 1.54) is 18.2 Å². The molecule has 0 heterocycles. The summed E-state index contributed by atoms with van der Waals surface area (Å²) in [6.07, 6.45) is 1.07. The summed E-state index contributed by atoms with van der Waals surface area (Å²) >= 11 is 5.88. The second-order valence-electron chi connectivity index (χ2n) is 4.51. The van der Waals surface area contributed by atoms with E-state index in [9.17, 15) is 8.78 Å². The molecule has 0 radical (unpaired) electrons. The van der Waals surface area contributed by atoms with Gasteiger partial charge in [0.25, 0.3) is 0 Å². The average Bonchev–Trinajstić information content (AvgIpc) is 2.38. The Morgan fingerprint density at radius 3 is 2.37 bits per heavy atom. The van der Waals surface area contributed by atoms with Gasteiger partial charge >= 0.3 is 0 Å². The average molecular weight is 282 g/mol. The summed E-state index contributed by atoms with van der Waals surface area (Å²) in [6, 6.07) is 10.7. The molecular formula is C15H14ClF2N. The number of hydrogen-bond acceptors (Lipinski definition) is 1. The molecule has 0 saturated carbocycles. The number of hydrogen-bond donors (Lipinski definition) is 1. The Balaban J connectivity index is 2.03. The molecule has 0 aliphatic heterocycles. The van der Waals surface area contributed by atoms with Gasteiger partial charge in [-0.25, -0.2) is 8.78 Å². The van der Waals surface area contributed by atoms with E-state index >= 15 is 0 Å². The van der Waals surface area contributed by atoms with Crippen LogP contribution in [0.1, 0.15) is 11.1 Å². The van der Waals surface area contributed by atoms with Gasteiger partial charge in [0, 0.05) is 6.04 Å². The Morgan fingerprint density at radius 1 is 1.00 bits per heavy atom. The summed E-state index contributed by atoms with van der Waals surface area (Å²) in [5.74, 6) is -0.710. The second kappa shape index (κ2) is 6.13. The molecule has 0 aliphatic rings. The van der Waals surface area contributed by atoms with Gasteiger partial charge < -0.3 is 5.73 Å². The maximum Gasteiger partial charge on any atom is 0.142 e. The topological polar surface area (TPSA) is 26.0 Å². The highest BCUT2D eigenvalue weighted by Gasteiger charge is 2.11. The van der Waals surface area contributed by atoms with E-state index in [4.69, 9.17) is 17.3 Å². The maximum absolute atomic E-state index is 13.3. The number of halogens is 3. The lowest BCUT2D eigenvalue weighted by Crippen LogP contribution is -2.25. The largest absolute Gasteiger partial charge is 0.327 e. The van der Waals surface area contributed by atoms with E-state index in [1.807, 2.05) is 0 Å². The van der Waals surface area contributed by atoms with Crippen molar-refractivity contribution in [3.05, 3.63) is 70.2 Å². The summed E-state index contributed by atoms with van der Waals surface area (Å²) in [4.78, 5) is 0. The lowest BCUT2D eigenvalue weighted by atomic mass is 9.99. The molecular weight excluding hydrogens is 268 g/mol. The minimum absolute atomic E-state index is 0.122. The molecule has 100 valence electrons. The van der Waals surface area contributed by atoms with Crippen LogP contribution in [0.2, 0.25) is 5.02 Å². The lowest BCUT2D eigenvalue weighted by molar-refractivity contribution is 0.616. The third kappa shape index (κ3) is 3.75. The molecule has 1 nitrogen and oxygen atoms in total. The van der Waals surface area contributed by atoms with Crippen LogP contribution in [0.3, 0.4) is 0 Å². The van der Waals surface area contributed by atoms with Crippen molar-refractivity contribution in [1.29, 1.82) is 0 Å². The highest BCUT2D eigenvalue weighted by molar-refractivity contribution is 6.31. The van der Waals surface area contributed by atoms with Crippen molar-refractivity contribution in [3.63, 3.8) is 0 Å². The zero-order chi connectivity index (χ0) is 13.8. The van der Waals surface area contributed by atoms with E-state index < -0.39 is 5.82 Å². The van der Waals surface area contributed by atoms with Crippen LogP contribution in [-0.2, 0) is 12.8 Å². The SMILES string of the molecule is NC(Cc1ccc(F)cc1)Cc1cccc(F)c1Cl. The van der Waals surface area contributed by atoms with E-state index in [0.29, 0.717) is 18.4 Å². The van der Waals surface area contributed by atoms with Gasteiger partial charge in [-0.15, -0.1) is 0 Å². The molecule has 2 N–H and O–H groups in total. The van der Waals surface area contributed by atoms with Crippen molar-refractivity contribution >= 4 is 11.6 Å². The van der Waals surface area contributed by atoms with E-state index in [-0.39, 0.29) is 16.9 Å². The zero-order valence-corrected chi connectivity index (χ0v) is 11.0. The fourth-order valence-corrected chi connectivity index (χ4v) is 2.19. The second-order valence-corrected chi connectivity index (χ2v) is 4.89. The maximum atomic E-state index is 13.3. The van der Waals surface area contributed by atoms with Crippen LogP contribution in [0.5, 0.6) is 0 Å². The first-order valence-corrected chi connectivity index (χ1v) is 6.37. The Labute approximate surface area is 116 Å². The molecule has 2 aromatic carbocycles. The molecule has 1 atom stereocenters. The minimum Gasteiger partial charge on any atom is -0.327 e. The normalized spacial score (nSPS) is 12.4. The van der Waals surface area contributed by atoms with Gasteiger partial charge in [0.15, 0.2) is 0 Å². The van der Waals surface area contributed by atoms with Gasteiger partial charge in [-0.2, -0.15) is 0 Å². The van der Waals surface area contributed by atoms with Crippen molar-refractivity contribution in [2.24, 2.45) is 5.73 Å². The molecule has 4 heteroatoms. The monoisotopic (exact) mass is 281 g/mol. The fourth-order valence-electron chi connectivity index (χ4n) is 1.98. The van der Waals surface area contributed by atoms with Crippen LogP contribution in [0, 0.1) is 11.6 Å². The molecule has 1 unspecified atom stereocenters. The first-order valence-electron chi connectivity index (χ1n) is 5.99. The number of rotatable bonds is 4. The third-order valence-corrected chi connectivity index (χ3v) is 3.35. The molecule has 2 rings (SSSR count). The van der Waals surface area contributed by atoms with Gasteiger partial charge in [0.05, 0.1) is 5.02 Å². The van der Waals surface area contributed by atoms with Crippen molar-refractivity contribution in [3.8, 4) is 0 Å². The van der Waals surface area contributed by atoms with Gasteiger partial charge in [-0.1, -0.05) is 35.9 Å². The molecule has 2 aromatic rings. The molecule has 0 spiro atoms. The Hall–Kier alpha value is -1.45. The number of nitrogens with two attached hydrogens (primary N) is 1. The van der Waals surface area contributed by atoms with Gasteiger partial charge in [0.2, 0.25) is 0 Å². The Kier molecular flexibility index (Phi) is 4.51. The van der Waals surface area contributed by atoms with Crippen molar-refractivity contribution in [2.75, 3.05) is 0 Å². The number of benzene rings is 2. The Morgan fingerprint density at radius 2 is 1.68 bits per heavy atom. The summed E-state index contributed by atoms with van der Waals surface area (Å²) in [6.45, 7) is 0. The first-order chi connectivity index (χ1) is 9.06. The van der Waals surface area contributed by atoms with Crippen LogP contribution in [-0.4, -0.2) is 6.04 Å². The van der Waals surface area contributed by atoms with Crippen molar-refractivity contribution in [2.45, 2.75) is 18.9 Å². The molecule has 0 saturated heterocycles. The lowest BCUT2D eigenvalue weighted by Gasteiger charge is -2.13. The quantitative estimate of drug-likeness (QED) is 0.908. The summed E-state index contributed by atoms with van der Waals surface area (Å²) in [7, 11) is 0. The molecule has 0 aromatic heterocycles. The fraction of sp³-hybridized carbons (Fsp3) is 0.200. The van der Waals surface area contributed by atoms with Crippen molar-refractivity contribution < 1.29 is 8.78 Å². The highest BCUT2D eigenvalue weighted by atomic mass is 35.5. The van der Waals surface area contributed by atoms with Crippen LogP contribution >= 0.6 is 11.6 Å². The van der Waals surface area contributed by atoms with Crippen molar-refractivity contribution in [1.82, 2.24) is 0 Å². The van der Waals surface area contributed by atoms with Gasteiger partial charge in [-0.05, 0) is 42.2 Å². The zero-order valence-electron chi connectivity index (χ0n) is 10.2. The molecule has 0 bridgehead atoms. The van der Waals surface area contributed by atoms with Crippen LogP contribution in [0.4, 0.5) is 8.78 Å². The van der Waals surface area contributed by atoms with Gasteiger partial charge in [-0.3, -0.25) is 0 Å². The Bertz CT molecular complexity index is 555. The summed E-state index contributed by atoms with van der Waals surface area (Å²) in [5.41, 5.74) is 7.66.